The number of benzene rings is 1. The maximum atomic E-state index is 13.0. The Morgan fingerprint density at radius 1 is 1.19 bits per heavy atom. The Kier molecular flexibility index (Phi) is 4.99. The van der Waals surface area contributed by atoms with Crippen LogP contribution in [0, 0.1) is 5.82 Å². The van der Waals surface area contributed by atoms with Crippen molar-refractivity contribution in [1.82, 2.24) is 9.97 Å². The molecule has 0 fully saturated rings. The van der Waals surface area contributed by atoms with Crippen LogP contribution in [0.15, 0.2) is 36.4 Å². The zero-order valence-electron chi connectivity index (χ0n) is 13.7. The second-order valence-corrected chi connectivity index (χ2v) is 6.65. The Morgan fingerprint density at radius 2 is 1.89 bits per heavy atom. The summed E-state index contributed by atoms with van der Waals surface area (Å²) in [5.74, 6) is -2.64. The molecule has 2 heterocycles. The van der Waals surface area contributed by atoms with E-state index in [1.54, 1.807) is 6.07 Å². The minimum absolute atomic E-state index is 0.0539. The zero-order chi connectivity index (χ0) is 19.6. The highest BCUT2D eigenvalue weighted by Crippen LogP contribution is 2.21. The molecular formula is C17H13FN4O4S. The summed E-state index contributed by atoms with van der Waals surface area (Å²) in [6.07, 6.45) is 0.227. The number of anilines is 1. The number of H-pyrrole nitrogens is 1. The number of halogens is 1. The minimum atomic E-state index is -1.03. The molecule has 3 aromatic rings. The van der Waals surface area contributed by atoms with Gasteiger partial charge in [0.05, 0.1) is 0 Å². The molecule has 0 radical (unpaired) electrons. The highest BCUT2D eigenvalue weighted by Gasteiger charge is 2.19. The van der Waals surface area contributed by atoms with Crippen LogP contribution in [0.5, 0.6) is 0 Å². The lowest BCUT2D eigenvalue weighted by atomic mass is 10.2. The van der Waals surface area contributed by atoms with E-state index in [0.717, 1.165) is 23.5 Å². The summed E-state index contributed by atoms with van der Waals surface area (Å²) in [6.45, 7) is 0. The van der Waals surface area contributed by atoms with E-state index in [0.29, 0.717) is 10.7 Å². The van der Waals surface area contributed by atoms with Gasteiger partial charge in [-0.05, 0) is 36.4 Å². The van der Waals surface area contributed by atoms with Crippen LogP contribution >= 0.6 is 11.3 Å². The summed E-state index contributed by atoms with van der Waals surface area (Å²) < 4.78 is 13.0. The van der Waals surface area contributed by atoms with Crippen molar-refractivity contribution in [2.24, 2.45) is 5.73 Å². The Morgan fingerprint density at radius 3 is 2.48 bits per heavy atom. The number of rotatable bonds is 6. The number of carboxylic acid groups (broad SMARTS) is 1. The topological polar surface area (TPSA) is 138 Å². The average molecular weight is 388 g/mol. The Hall–Kier alpha value is -3.53. The number of nitrogens with two attached hydrogens (primary N) is 1. The van der Waals surface area contributed by atoms with Gasteiger partial charge in [0.2, 0.25) is 0 Å². The number of carboxylic acids is 1. The van der Waals surface area contributed by atoms with Crippen molar-refractivity contribution in [3.63, 3.8) is 0 Å². The standard InChI is InChI=1S/C17H13FN4O4S/c18-9-3-1-8(2-4-9)16(24)22-15-13(14(19)23)20-12(21-15)7-10-5-6-11(27-10)17(25)26/h1-6H,7H2,(H2,19,23)(H,20,21)(H,22,24)(H,25,26). The summed E-state index contributed by atoms with van der Waals surface area (Å²) in [4.78, 5) is 42.6. The van der Waals surface area contributed by atoms with Crippen LogP contribution in [0.2, 0.25) is 0 Å². The first kappa shape index (κ1) is 18.3. The van der Waals surface area contributed by atoms with Crippen molar-refractivity contribution in [3.05, 3.63) is 69.1 Å². The smallest absolute Gasteiger partial charge is 0.345 e. The number of carbonyl (C=O) groups excluding carboxylic acids is 2. The van der Waals surface area contributed by atoms with Gasteiger partial charge in [0.25, 0.3) is 11.8 Å². The third-order valence-electron chi connectivity index (χ3n) is 3.55. The van der Waals surface area contributed by atoms with E-state index in [2.05, 4.69) is 15.3 Å². The number of hydrogen-bond acceptors (Lipinski definition) is 5. The highest BCUT2D eigenvalue weighted by atomic mass is 32.1. The predicted molar refractivity (Wildman–Crippen MR) is 95.5 cm³/mol. The molecule has 0 aliphatic carbocycles. The molecule has 3 rings (SSSR count). The van der Waals surface area contributed by atoms with Gasteiger partial charge < -0.3 is 21.1 Å². The van der Waals surface area contributed by atoms with Gasteiger partial charge in [-0.2, -0.15) is 0 Å². The van der Waals surface area contributed by atoms with Gasteiger partial charge in [0.15, 0.2) is 5.82 Å². The number of amides is 2. The lowest BCUT2D eigenvalue weighted by molar-refractivity contribution is 0.0701. The maximum absolute atomic E-state index is 13.0. The fourth-order valence-electron chi connectivity index (χ4n) is 2.31. The third kappa shape index (κ3) is 4.18. The number of nitrogens with one attached hydrogen (secondary N) is 2. The Labute approximate surface area is 155 Å². The van der Waals surface area contributed by atoms with Crippen LogP contribution in [-0.4, -0.2) is 32.9 Å². The number of aromatic amines is 1. The zero-order valence-corrected chi connectivity index (χ0v) is 14.5. The number of nitrogens with zero attached hydrogens (tertiary/aromatic N) is 1. The predicted octanol–water partition coefficient (Wildman–Crippen LogP) is 2.25. The van der Waals surface area contributed by atoms with E-state index < -0.39 is 23.6 Å². The quantitative estimate of drug-likeness (QED) is 0.513. The van der Waals surface area contributed by atoms with Gasteiger partial charge in [-0.1, -0.05) is 0 Å². The molecule has 2 amide bonds. The minimum Gasteiger partial charge on any atom is -0.477 e. The van der Waals surface area contributed by atoms with Crippen LogP contribution in [-0.2, 0) is 6.42 Å². The third-order valence-corrected chi connectivity index (χ3v) is 4.62. The largest absolute Gasteiger partial charge is 0.477 e. The molecular weight excluding hydrogens is 375 g/mol. The molecule has 8 nitrogen and oxygen atoms in total. The summed E-state index contributed by atoms with van der Waals surface area (Å²) >= 11 is 1.07. The highest BCUT2D eigenvalue weighted by molar-refractivity contribution is 7.13. The average Bonchev–Trinajstić information content (AvgIpc) is 3.23. The number of hydrogen-bond donors (Lipinski definition) is 4. The van der Waals surface area contributed by atoms with Gasteiger partial charge in [0.1, 0.15) is 22.2 Å². The van der Waals surface area contributed by atoms with E-state index >= 15 is 0 Å². The number of primary amides is 1. The molecule has 27 heavy (non-hydrogen) atoms. The van der Waals surface area contributed by atoms with Crippen LogP contribution in [0.4, 0.5) is 10.2 Å². The summed E-state index contributed by atoms with van der Waals surface area (Å²) in [5, 5.41) is 11.4. The summed E-state index contributed by atoms with van der Waals surface area (Å²) in [7, 11) is 0. The van der Waals surface area contributed by atoms with Crippen molar-refractivity contribution in [3.8, 4) is 0 Å². The van der Waals surface area contributed by atoms with Gasteiger partial charge in [-0.3, -0.25) is 9.59 Å². The molecule has 0 saturated carbocycles. The molecule has 0 atom stereocenters. The second-order valence-electron chi connectivity index (χ2n) is 5.48. The molecule has 1 aromatic carbocycles. The number of imidazole rings is 1. The molecule has 0 spiro atoms. The maximum Gasteiger partial charge on any atom is 0.345 e. The van der Waals surface area contributed by atoms with E-state index in [4.69, 9.17) is 10.8 Å². The van der Waals surface area contributed by atoms with E-state index in [1.165, 1.54) is 18.2 Å². The first-order chi connectivity index (χ1) is 12.8. The van der Waals surface area contributed by atoms with E-state index in [1.807, 2.05) is 0 Å². The number of aromatic carboxylic acids is 1. The van der Waals surface area contributed by atoms with Crippen molar-refractivity contribution in [1.29, 1.82) is 0 Å². The Bertz CT molecular complexity index is 1030. The van der Waals surface area contributed by atoms with Crippen LogP contribution in [0.25, 0.3) is 0 Å². The Balaban J connectivity index is 1.82. The molecule has 0 unspecified atom stereocenters. The van der Waals surface area contributed by atoms with Gasteiger partial charge in [-0.25, -0.2) is 14.2 Å². The lowest BCUT2D eigenvalue weighted by Gasteiger charge is -2.03. The number of carbonyl (C=O) groups is 3. The second kappa shape index (κ2) is 7.38. The SMILES string of the molecule is NC(=O)c1[nH]c(Cc2ccc(C(=O)O)s2)nc1NC(=O)c1ccc(F)cc1. The van der Waals surface area contributed by atoms with Crippen molar-refractivity contribution >= 4 is 34.9 Å². The van der Waals surface area contributed by atoms with Crippen LogP contribution < -0.4 is 11.1 Å². The number of aromatic nitrogens is 2. The van der Waals surface area contributed by atoms with Gasteiger partial charge in [-0.15, -0.1) is 11.3 Å². The van der Waals surface area contributed by atoms with E-state index in [-0.39, 0.29) is 28.4 Å². The molecule has 2 aromatic heterocycles. The van der Waals surface area contributed by atoms with Gasteiger partial charge in [0, 0.05) is 16.9 Å². The fourth-order valence-corrected chi connectivity index (χ4v) is 3.16. The lowest BCUT2D eigenvalue weighted by Crippen LogP contribution is -2.18. The first-order valence-electron chi connectivity index (χ1n) is 7.61. The summed E-state index contributed by atoms with van der Waals surface area (Å²) in [5.41, 5.74) is 5.41. The van der Waals surface area contributed by atoms with Crippen molar-refractivity contribution < 1.29 is 23.9 Å². The molecule has 10 heteroatoms. The molecule has 0 aliphatic rings. The van der Waals surface area contributed by atoms with E-state index in [9.17, 15) is 18.8 Å². The molecule has 138 valence electrons. The van der Waals surface area contributed by atoms with Crippen LogP contribution in [0.1, 0.15) is 41.2 Å². The molecule has 0 saturated heterocycles. The fraction of sp³-hybridized carbons (Fsp3) is 0.0588. The molecule has 0 aliphatic heterocycles. The number of thiophene rings is 1. The van der Waals surface area contributed by atoms with Crippen molar-refractivity contribution in [2.75, 3.05) is 5.32 Å². The van der Waals surface area contributed by atoms with Crippen LogP contribution in [0.3, 0.4) is 0 Å². The van der Waals surface area contributed by atoms with Crippen molar-refractivity contribution in [2.45, 2.75) is 6.42 Å². The normalized spacial score (nSPS) is 10.6. The molecule has 0 bridgehead atoms. The monoisotopic (exact) mass is 388 g/mol. The van der Waals surface area contributed by atoms with Gasteiger partial charge >= 0.3 is 5.97 Å². The first-order valence-corrected chi connectivity index (χ1v) is 8.42. The summed E-state index contributed by atoms with van der Waals surface area (Å²) in [6, 6.07) is 7.96. The molecule has 5 N–H and O–H groups in total.